The van der Waals surface area contributed by atoms with Crippen LogP contribution >= 0.6 is 0 Å². The number of methoxy groups -OCH3 is 2. The van der Waals surface area contributed by atoms with Crippen LogP contribution in [0.25, 0.3) is 5.76 Å². The molecule has 9 heteroatoms. The van der Waals surface area contributed by atoms with Crippen LogP contribution in [-0.2, 0) is 9.59 Å². The summed E-state index contributed by atoms with van der Waals surface area (Å²) in [4.78, 5) is 38.3. The Balaban J connectivity index is 2.23. The topological polar surface area (TPSA) is 105 Å². The lowest BCUT2D eigenvalue weighted by atomic mass is 9.94. The zero-order chi connectivity index (χ0) is 24.3. The molecule has 176 valence electrons. The van der Waals surface area contributed by atoms with Gasteiger partial charge >= 0.3 is 0 Å². The number of carbonyl (C=O) groups is 2. The lowest BCUT2D eigenvalue weighted by Gasteiger charge is -2.27. The highest BCUT2D eigenvalue weighted by Crippen LogP contribution is 2.45. The smallest absolute Gasteiger partial charge is 0.295 e. The number of likely N-dealkylation sites (tertiary alicyclic amines) is 1. The molecule has 1 saturated heterocycles. The van der Waals surface area contributed by atoms with Crippen molar-refractivity contribution in [3.05, 3.63) is 52.6 Å². The average Bonchev–Trinajstić information content (AvgIpc) is 3.02. The van der Waals surface area contributed by atoms with E-state index in [2.05, 4.69) is 9.97 Å². The van der Waals surface area contributed by atoms with Crippen molar-refractivity contribution >= 4 is 17.4 Å². The van der Waals surface area contributed by atoms with Crippen LogP contribution < -0.4 is 9.47 Å². The van der Waals surface area contributed by atoms with E-state index in [0.717, 1.165) is 6.54 Å². The molecule has 0 spiro atoms. The van der Waals surface area contributed by atoms with Crippen molar-refractivity contribution in [1.29, 1.82) is 0 Å². The van der Waals surface area contributed by atoms with Crippen LogP contribution in [0.5, 0.6) is 11.5 Å². The highest BCUT2D eigenvalue weighted by atomic mass is 16.5. The molecule has 0 aliphatic carbocycles. The van der Waals surface area contributed by atoms with Crippen molar-refractivity contribution in [3.63, 3.8) is 0 Å². The minimum atomic E-state index is -0.849. The number of aromatic nitrogens is 2. The molecule has 1 N–H and O–H groups in total. The van der Waals surface area contributed by atoms with Gasteiger partial charge in [-0.1, -0.05) is 12.1 Å². The minimum Gasteiger partial charge on any atom is -0.507 e. The zero-order valence-electron chi connectivity index (χ0n) is 19.9. The maximum absolute atomic E-state index is 13.2. The number of amides is 1. The molecule has 1 aromatic carbocycles. The molecule has 33 heavy (non-hydrogen) atoms. The maximum atomic E-state index is 13.2. The predicted molar refractivity (Wildman–Crippen MR) is 123 cm³/mol. The summed E-state index contributed by atoms with van der Waals surface area (Å²) in [7, 11) is 6.90. The number of nitrogens with zero attached hydrogens (tertiary/aromatic N) is 4. The Labute approximate surface area is 193 Å². The number of aryl methyl sites for hydroxylation is 2. The Morgan fingerprint density at radius 1 is 1.18 bits per heavy atom. The highest BCUT2D eigenvalue weighted by Gasteiger charge is 2.47. The third kappa shape index (κ3) is 4.68. The molecule has 1 atom stereocenters. The SMILES string of the molecule is COc1cccc([C@@H]2/C(=C(\O)c3cnc(C)nc3C)C(=O)C(=O)N2CCCN(C)C)c1OC. The molecule has 1 fully saturated rings. The van der Waals surface area contributed by atoms with E-state index in [0.29, 0.717) is 47.1 Å². The molecular weight excluding hydrogens is 424 g/mol. The van der Waals surface area contributed by atoms with Gasteiger partial charge in [-0.15, -0.1) is 0 Å². The third-order valence-corrected chi connectivity index (χ3v) is 5.63. The molecule has 0 saturated carbocycles. The second-order valence-electron chi connectivity index (χ2n) is 8.15. The summed E-state index contributed by atoms with van der Waals surface area (Å²) >= 11 is 0. The fraction of sp³-hybridized carbons (Fsp3) is 0.417. The van der Waals surface area contributed by atoms with Gasteiger partial charge < -0.3 is 24.4 Å². The van der Waals surface area contributed by atoms with E-state index in [-0.39, 0.29) is 11.3 Å². The van der Waals surface area contributed by atoms with E-state index >= 15 is 0 Å². The Hall–Kier alpha value is -3.46. The number of hydrogen-bond donors (Lipinski definition) is 1. The second-order valence-corrected chi connectivity index (χ2v) is 8.15. The molecule has 9 nitrogen and oxygen atoms in total. The Bertz CT molecular complexity index is 1100. The first-order valence-electron chi connectivity index (χ1n) is 10.7. The number of para-hydroxylation sites is 1. The number of rotatable bonds is 8. The van der Waals surface area contributed by atoms with Gasteiger partial charge in [-0.05, 0) is 47.0 Å². The summed E-state index contributed by atoms with van der Waals surface area (Å²) in [6, 6.07) is 4.41. The van der Waals surface area contributed by atoms with Crippen LogP contribution in [-0.4, -0.2) is 78.0 Å². The molecule has 2 heterocycles. The third-order valence-electron chi connectivity index (χ3n) is 5.63. The molecule has 3 rings (SSSR count). The molecule has 0 radical (unpaired) electrons. The number of aliphatic hydroxyl groups is 1. The lowest BCUT2D eigenvalue weighted by Crippen LogP contribution is -2.32. The lowest BCUT2D eigenvalue weighted by molar-refractivity contribution is -0.140. The Morgan fingerprint density at radius 2 is 1.91 bits per heavy atom. The van der Waals surface area contributed by atoms with E-state index in [1.165, 1.54) is 25.3 Å². The predicted octanol–water partition coefficient (Wildman–Crippen LogP) is 2.48. The number of Topliss-reactive ketones (excluding diaryl/α,β-unsaturated/α-hetero) is 1. The van der Waals surface area contributed by atoms with Crippen LogP contribution in [0, 0.1) is 13.8 Å². The molecule has 1 aliphatic rings. The van der Waals surface area contributed by atoms with E-state index in [1.807, 2.05) is 19.0 Å². The van der Waals surface area contributed by atoms with Crippen LogP contribution in [0.1, 0.15) is 35.1 Å². The molecule has 0 unspecified atom stereocenters. The van der Waals surface area contributed by atoms with Crippen molar-refractivity contribution in [1.82, 2.24) is 19.8 Å². The van der Waals surface area contributed by atoms with Crippen molar-refractivity contribution in [3.8, 4) is 11.5 Å². The molecule has 1 aromatic heterocycles. The largest absolute Gasteiger partial charge is 0.507 e. The van der Waals surface area contributed by atoms with Crippen LogP contribution in [0.15, 0.2) is 30.0 Å². The molecule has 2 aromatic rings. The summed E-state index contributed by atoms with van der Waals surface area (Å²) in [5.41, 5.74) is 1.34. The quantitative estimate of drug-likeness (QED) is 0.369. The minimum absolute atomic E-state index is 0.0213. The average molecular weight is 455 g/mol. The summed E-state index contributed by atoms with van der Waals surface area (Å²) in [5.74, 6) is -0.339. The fourth-order valence-electron chi connectivity index (χ4n) is 4.08. The van der Waals surface area contributed by atoms with Gasteiger partial charge in [0.05, 0.1) is 37.1 Å². The summed E-state index contributed by atoms with van der Waals surface area (Å²) in [6.45, 7) is 4.52. The van der Waals surface area contributed by atoms with Gasteiger partial charge in [0.1, 0.15) is 11.6 Å². The number of aliphatic hydroxyl groups excluding tert-OH is 1. The summed E-state index contributed by atoms with van der Waals surface area (Å²) in [6.07, 6.45) is 2.11. The second kappa shape index (κ2) is 9.99. The van der Waals surface area contributed by atoms with Crippen LogP contribution in [0.3, 0.4) is 0 Å². The number of hydrogen-bond acceptors (Lipinski definition) is 8. The molecule has 1 aliphatic heterocycles. The first-order chi connectivity index (χ1) is 15.7. The first-order valence-corrected chi connectivity index (χ1v) is 10.7. The number of ether oxygens (including phenoxy) is 2. The van der Waals surface area contributed by atoms with E-state index in [4.69, 9.17) is 9.47 Å². The summed E-state index contributed by atoms with van der Waals surface area (Å²) < 4.78 is 11.0. The van der Waals surface area contributed by atoms with Gasteiger partial charge in [-0.3, -0.25) is 9.59 Å². The van der Waals surface area contributed by atoms with Crippen LogP contribution in [0.2, 0.25) is 0 Å². The number of carbonyl (C=O) groups excluding carboxylic acids is 2. The van der Waals surface area contributed by atoms with Crippen LogP contribution in [0.4, 0.5) is 0 Å². The van der Waals surface area contributed by atoms with Gasteiger partial charge in [0, 0.05) is 18.3 Å². The van der Waals surface area contributed by atoms with Gasteiger partial charge in [0.25, 0.3) is 11.7 Å². The van der Waals surface area contributed by atoms with E-state index < -0.39 is 17.7 Å². The van der Waals surface area contributed by atoms with Gasteiger partial charge in [-0.25, -0.2) is 9.97 Å². The summed E-state index contributed by atoms with van der Waals surface area (Å²) in [5, 5.41) is 11.3. The zero-order valence-corrected chi connectivity index (χ0v) is 19.9. The fourth-order valence-corrected chi connectivity index (χ4v) is 4.08. The normalized spacial score (nSPS) is 17.7. The monoisotopic (exact) mass is 454 g/mol. The van der Waals surface area contributed by atoms with Gasteiger partial charge in [-0.2, -0.15) is 0 Å². The van der Waals surface area contributed by atoms with E-state index in [1.54, 1.807) is 32.0 Å². The van der Waals surface area contributed by atoms with Gasteiger partial charge in [0.15, 0.2) is 11.5 Å². The van der Waals surface area contributed by atoms with Crippen molar-refractivity contribution < 1.29 is 24.2 Å². The van der Waals surface area contributed by atoms with Crippen molar-refractivity contribution in [2.24, 2.45) is 0 Å². The molecule has 0 bridgehead atoms. The maximum Gasteiger partial charge on any atom is 0.295 e. The number of benzene rings is 1. The standard InChI is InChI=1S/C24H30N4O5/c1-14-17(13-25-15(2)26-14)21(29)19-20(16-9-7-10-18(32-5)23(16)33-6)28(24(31)22(19)30)12-8-11-27(3)4/h7,9-10,13,20,29H,8,11-12H2,1-6H3/b21-19+/t20-/m1/s1. The van der Waals surface area contributed by atoms with Gasteiger partial charge in [0.2, 0.25) is 0 Å². The number of ketones is 1. The highest BCUT2D eigenvalue weighted by molar-refractivity contribution is 6.46. The Kier molecular flexibility index (Phi) is 7.33. The van der Waals surface area contributed by atoms with E-state index in [9.17, 15) is 14.7 Å². The molecule has 1 amide bonds. The van der Waals surface area contributed by atoms with Crippen molar-refractivity contribution in [2.75, 3.05) is 41.4 Å². The first kappa shape index (κ1) is 24.2. The Morgan fingerprint density at radius 3 is 2.52 bits per heavy atom. The van der Waals surface area contributed by atoms with Crippen molar-refractivity contribution in [2.45, 2.75) is 26.3 Å². The molecular formula is C24H30N4O5.